The molecule has 0 aliphatic heterocycles. The summed E-state index contributed by atoms with van der Waals surface area (Å²) in [6.07, 6.45) is 64.3. The molecule has 66 heavy (non-hydrogen) atoms. The Bertz CT molecular complexity index is 1400. The van der Waals surface area contributed by atoms with Crippen LogP contribution in [-0.2, 0) is 28.6 Å². The first-order chi connectivity index (χ1) is 32.1. The van der Waals surface area contributed by atoms with Gasteiger partial charge in [0.25, 0.3) is 0 Å². The molecular formula is C58H97NO7. The lowest BCUT2D eigenvalue weighted by Gasteiger charge is -2.34. The first-order valence-electron chi connectivity index (χ1n) is 26.3. The van der Waals surface area contributed by atoms with Crippen molar-refractivity contribution in [2.45, 2.75) is 212 Å². The van der Waals surface area contributed by atoms with Crippen molar-refractivity contribution in [3.05, 3.63) is 97.2 Å². The van der Waals surface area contributed by atoms with E-state index in [-0.39, 0.29) is 42.7 Å². The number of carbonyl (C=O) groups excluding carboxylic acids is 3. The van der Waals surface area contributed by atoms with E-state index in [1.54, 1.807) is 21.1 Å². The predicted molar refractivity (Wildman–Crippen MR) is 277 cm³/mol. The molecule has 2 atom stereocenters. The van der Waals surface area contributed by atoms with Gasteiger partial charge in [-0.2, -0.15) is 0 Å². The third-order valence-corrected chi connectivity index (χ3v) is 11.2. The van der Waals surface area contributed by atoms with Crippen molar-refractivity contribution in [2.24, 2.45) is 0 Å². The summed E-state index contributed by atoms with van der Waals surface area (Å²) in [4.78, 5) is 37.1. The van der Waals surface area contributed by atoms with E-state index in [0.29, 0.717) is 12.8 Å². The average molecular weight is 920 g/mol. The molecule has 0 aliphatic carbocycles. The highest BCUT2D eigenvalue weighted by Crippen LogP contribution is 2.14. The number of rotatable bonds is 46. The Balaban J connectivity index is 4.33. The normalized spacial score (nSPS) is 13.7. The second-order valence-corrected chi connectivity index (χ2v) is 18.4. The summed E-state index contributed by atoms with van der Waals surface area (Å²) in [5.41, 5.74) is 0. The SMILES string of the molecule is CC/C=C/C/C=C/C/C=C/C/C=C/C/C=C/C/C=C/CCCCCC(=O)OCC(COCCC(C(=O)[O-])[N+](C)(C)C)OC(=O)CCCCCCCCCCCC/C=C/C=C/CCCCCC. The molecule has 0 aromatic rings. The van der Waals surface area contributed by atoms with Gasteiger partial charge in [0, 0.05) is 19.3 Å². The van der Waals surface area contributed by atoms with Crippen LogP contribution in [0, 0.1) is 0 Å². The molecule has 0 N–H and O–H groups in total. The van der Waals surface area contributed by atoms with Gasteiger partial charge in [0.05, 0.1) is 40.3 Å². The van der Waals surface area contributed by atoms with Crippen molar-refractivity contribution >= 4 is 17.9 Å². The monoisotopic (exact) mass is 920 g/mol. The van der Waals surface area contributed by atoms with Crippen molar-refractivity contribution in [1.82, 2.24) is 0 Å². The highest BCUT2D eigenvalue weighted by Gasteiger charge is 2.25. The Morgan fingerprint density at radius 1 is 0.485 bits per heavy atom. The molecule has 0 aromatic carbocycles. The lowest BCUT2D eigenvalue weighted by atomic mass is 10.1. The van der Waals surface area contributed by atoms with E-state index in [4.69, 9.17) is 14.2 Å². The number of carbonyl (C=O) groups is 3. The molecule has 0 radical (unpaired) electrons. The second kappa shape index (κ2) is 47.7. The number of quaternary nitrogens is 1. The summed E-state index contributed by atoms with van der Waals surface area (Å²) in [6.45, 7) is 4.49. The maximum absolute atomic E-state index is 12.8. The van der Waals surface area contributed by atoms with Gasteiger partial charge in [-0.1, -0.05) is 188 Å². The molecule has 0 saturated carbocycles. The zero-order valence-corrected chi connectivity index (χ0v) is 42.8. The number of unbranched alkanes of at least 4 members (excludes halogenated alkanes) is 17. The van der Waals surface area contributed by atoms with Crippen LogP contribution in [0.15, 0.2) is 97.2 Å². The summed E-state index contributed by atoms with van der Waals surface area (Å²) in [6, 6.07) is -0.738. The molecule has 0 aromatic heterocycles. The smallest absolute Gasteiger partial charge is 0.306 e. The lowest BCUT2D eigenvalue weighted by molar-refractivity contribution is -0.889. The number of hydrogen-bond donors (Lipinski definition) is 0. The largest absolute Gasteiger partial charge is 0.544 e. The first kappa shape index (κ1) is 62.2. The molecule has 0 bridgehead atoms. The summed E-state index contributed by atoms with van der Waals surface area (Å²) in [5, 5.41) is 11.7. The van der Waals surface area contributed by atoms with E-state index in [1.165, 1.54) is 77.0 Å². The fourth-order valence-corrected chi connectivity index (χ4v) is 7.18. The lowest BCUT2D eigenvalue weighted by Crippen LogP contribution is -2.55. The summed E-state index contributed by atoms with van der Waals surface area (Å²) in [5.74, 6) is -1.79. The van der Waals surface area contributed by atoms with Gasteiger partial charge in [0.1, 0.15) is 12.6 Å². The minimum atomic E-state index is -1.13. The molecule has 0 spiro atoms. The maximum Gasteiger partial charge on any atom is 0.306 e. The molecule has 0 rings (SSSR count). The average Bonchev–Trinajstić information content (AvgIpc) is 3.28. The van der Waals surface area contributed by atoms with Crippen molar-refractivity contribution < 1.29 is 38.2 Å². The van der Waals surface area contributed by atoms with E-state index < -0.39 is 18.1 Å². The van der Waals surface area contributed by atoms with Gasteiger partial charge in [-0.15, -0.1) is 0 Å². The van der Waals surface area contributed by atoms with Crippen molar-refractivity contribution in [2.75, 3.05) is 41.0 Å². The molecule has 8 heteroatoms. The van der Waals surface area contributed by atoms with Crippen LogP contribution in [0.5, 0.6) is 0 Å². The standard InChI is InChI=1S/C58H97NO7/c1-6-8-10-12-14-16-18-20-22-24-26-28-29-31-32-34-36-38-40-42-44-46-48-56(60)65-53-54(52-64-51-50-55(58(62)63)59(3,4)5)66-57(61)49-47-45-43-41-39-37-35-33-30-27-25-23-21-19-17-15-13-11-9-7-2/h8,10,14,16-17,19-23,26,28,31-32,36,38,54-55H,6-7,9,11-13,15,18,24-25,27,29-30,33-35,37,39-53H2,1-5H3/b10-8+,16-14+,19-17+,22-20+,23-21+,28-26+,32-31+,38-36+. The Labute approximate surface area is 405 Å². The molecule has 0 amide bonds. The number of carboxylic acid groups (broad SMARTS) is 1. The number of nitrogens with zero attached hydrogens (tertiary/aromatic N) is 1. The van der Waals surface area contributed by atoms with Crippen molar-refractivity contribution in [3.63, 3.8) is 0 Å². The number of ether oxygens (including phenoxy) is 3. The minimum Gasteiger partial charge on any atom is -0.544 e. The van der Waals surface area contributed by atoms with Crippen LogP contribution in [0.4, 0.5) is 0 Å². The summed E-state index contributed by atoms with van der Waals surface area (Å²) >= 11 is 0. The van der Waals surface area contributed by atoms with Crippen LogP contribution in [0.1, 0.15) is 200 Å². The van der Waals surface area contributed by atoms with Crippen LogP contribution in [0.3, 0.4) is 0 Å². The van der Waals surface area contributed by atoms with E-state index in [0.717, 1.165) is 89.9 Å². The van der Waals surface area contributed by atoms with Crippen molar-refractivity contribution in [1.29, 1.82) is 0 Å². The van der Waals surface area contributed by atoms with Crippen LogP contribution in [-0.4, -0.2) is 75.5 Å². The molecule has 0 saturated heterocycles. The molecule has 8 nitrogen and oxygen atoms in total. The summed E-state index contributed by atoms with van der Waals surface area (Å²) in [7, 11) is 5.40. The van der Waals surface area contributed by atoms with Gasteiger partial charge >= 0.3 is 11.9 Å². The highest BCUT2D eigenvalue weighted by molar-refractivity contribution is 5.70. The molecule has 0 fully saturated rings. The maximum atomic E-state index is 12.8. The van der Waals surface area contributed by atoms with E-state index in [1.807, 2.05) is 0 Å². The number of hydrogen-bond acceptors (Lipinski definition) is 7. The Hall–Kier alpha value is -3.75. The Kier molecular flexibility index (Phi) is 45.0. The van der Waals surface area contributed by atoms with Crippen LogP contribution < -0.4 is 5.11 Å². The minimum absolute atomic E-state index is 0.0230. The zero-order chi connectivity index (χ0) is 48.4. The number of esters is 2. The number of allylic oxidation sites excluding steroid dienone is 16. The van der Waals surface area contributed by atoms with Gasteiger partial charge in [0.15, 0.2) is 6.10 Å². The molecule has 0 aliphatic rings. The third kappa shape index (κ3) is 45.4. The fourth-order valence-electron chi connectivity index (χ4n) is 7.18. The third-order valence-electron chi connectivity index (χ3n) is 11.2. The molecule has 376 valence electrons. The first-order valence-corrected chi connectivity index (χ1v) is 26.3. The van der Waals surface area contributed by atoms with Gasteiger partial charge in [-0.05, 0) is 89.9 Å². The number of carboxylic acids is 1. The van der Waals surface area contributed by atoms with Crippen molar-refractivity contribution in [3.8, 4) is 0 Å². The van der Waals surface area contributed by atoms with E-state index in [2.05, 4.69) is 111 Å². The molecular weight excluding hydrogens is 823 g/mol. The second-order valence-electron chi connectivity index (χ2n) is 18.4. The number of likely N-dealkylation sites (N-methyl/N-ethyl adjacent to an activating group) is 1. The van der Waals surface area contributed by atoms with E-state index in [9.17, 15) is 19.5 Å². The van der Waals surface area contributed by atoms with Crippen LogP contribution in [0.25, 0.3) is 0 Å². The summed E-state index contributed by atoms with van der Waals surface area (Å²) < 4.78 is 17.2. The highest BCUT2D eigenvalue weighted by atomic mass is 16.6. The van der Waals surface area contributed by atoms with Gasteiger partial charge in [0.2, 0.25) is 0 Å². The number of aliphatic carboxylic acids is 1. The van der Waals surface area contributed by atoms with Crippen LogP contribution >= 0.6 is 0 Å². The quantitative estimate of drug-likeness (QED) is 0.0197. The van der Waals surface area contributed by atoms with Gasteiger partial charge in [-0.3, -0.25) is 9.59 Å². The van der Waals surface area contributed by atoms with Gasteiger partial charge < -0.3 is 28.6 Å². The Morgan fingerprint density at radius 3 is 1.36 bits per heavy atom. The predicted octanol–water partition coefficient (Wildman–Crippen LogP) is 14.1. The Morgan fingerprint density at radius 2 is 0.894 bits per heavy atom. The van der Waals surface area contributed by atoms with Crippen LogP contribution in [0.2, 0.25) is 0 Å². The fraction of sp³-hybridized carbons (Fsp3) is 0.672. The van der Waals surface area contributed by atoms with Gasteiger partial charge in [-0.25, -0.2) is 0 Å². The zero-order valence-electron chi connectivity index (χ0n) is 42.8. The molecule has 0 heterocycles. The molecule has 2 unspecified atom stereocenters. The van der Waals surface area contributed by atoms with E-state index >= 15 is 0 Å². The topological polar surface area (TPSA) is 102 Å².